The Balaban J connectivity index is 1.36. The van der Waals surface area contributed by atoms with E-state index < -0.39 is 0 Å². The fourth-order valence-electron chi connectivity index (χ4n) is 3.16. The molecule has 0 bridgehead atoms. The number of amides is 2. The lowest BCUT2D eigenvalue weighted by Gasteiger charge is -2.08. The third kappa shape index (κ3) is 5.47. The Morgan fingerprint density at radius 1 is 1.09 bits per heavy atom. The van der Waals surface area contributed by atoms with Gasteiger partial charge in [0.15, 0.2) is 5.13 Å². The van der Waals surface area contributed by atoms with E-state index >= 15 is 0 Å². The fraction of sp³-hybridized carbons (Fsp3) is 0.167. The fourth-order valence-corrected chi connectivity index (χ4v) is 3.87. The van der Waals surface area contributed by atoms with Gasteiger partial charge in [0.05, 0.1) is 12.0 Å². The van der Waals surface area contributed by atoms with Crippen LogP contribution >= 0.6 is 11.3 Å². The third-order valence-electron chi connectivity index (χ3n) is 4.95. The first-order valence-corrected chi connectivity index (χ1v) is 11.2. The van der Waals surface area contributed by atoms with Crippen molar-refractivity contribution in [2.75, 3.05) is 10.6 Å². The molecule has 4 rings (SSSR count). The average Bonchev–Trinajstić information content (AvgIpc) is 3.50. The Labute approximate surface area is 190 Å². The third-order valence-corrected chi connectivity index (χ3v) is 5.71. The largest absolute Gasteiger partial charge is 0.337 e. The van der Waals surface area contributed by atoms with Crippen molar-refractivity contribution in [1.29, 1.82) is 0 Å². The van der Waals surface area contributed by atoms with Crippen LogP contribution in [0.15, 0.2) is 72.6 Å². The van der Waals surface area contributed by atoms with E-state index in [4.69, 9.17) is 0 Å². The topological polar surface area (TPSA) is 88.9 Å². The minimum atomic E-state index is -0.276. The first kappa shape index (κ1) is 21.5. The van der Waals surface area contributed by atoms with E-state index in [1.807, 2.05) is 28.3 Å². The highest BCUT2D eigenvalue weighted by Gasteiger charge is 2.12. The van der Waals surface area contributed by atoms with Crippen molar-refractivity contribution in [3.8, 4) is 11.3 Å². The lowest BCUT2D eigenvalue weighted by Crippen LogP contribution is -2.15. The number of thiazole rings is 1. The molecule has 0 spiro atoms. The number of carbonyl (C=O) groups excluding carboxylic acids is 2. The van der Waals surface area contributed by atoms with Gasteiger partial charge in [0.1, 0.15) is 0 Å². The second kappa shape index (κ2) is 10.0. The first-order chi connectivity index (χ1) is 15.6. The maximum absolute atomic E-state index is 12.7. The number of nitrogens with one attached hydrogen (secondary N) is 2. The SMILES string of the molecule is CCc1ccc(-c2csc(NC(=O)c3cccc(NC(=O)CCn4ccnc4)c3)n2)cc1. The number of benzene rings is 2. The van der Waals surface area contributed by atoms with Crippen molar-refractivity contribution in [3.05, 3.63) is 83.8 Å². The summed E-state index contributed by atoms with van der Waals surface area (Å²) in [4.78, 5) is 33.4. The molecule has 7 nitrogen and oxygen atoms in total. The molecule has 0 saturated carbocycles. The Morgan fingerprint density at radius 2 is 1.94 bits per heavy atom. The summed E-state index contributed by atoms with van der Waals surface area (Å²) in [5.74, 6) is -0.406. The number of aromatic nitrogens is 3. The predicted octanol–water partition coefficient (Wildman–Crippen LogP) is 4.85. The molecule has 0 saturated heterocycles. The Morgan fingerprint density at radius 3 is 2.69 bits per heavy atom. The predicted molar refractivity (Wildman–Crippen MR) is 127 cm³/mol. The number of aryl methyl sites for hydroxylation is 2. The molecule has 0 aliphatic rings. The van der Waals surface area contributed by atoms with E-state index in [0.717, 1.165) is 17.7 Å². The van der Waals surface area contributed by atoms with Crippen LogP contribution in [-0.2, 0) is 17.8 Å². The molecular formula is C24H23N5O2S. The van der Waals surface area contributed by atoms with Crippen LogP contribution in [0.2, 0.25) is 0 Å². The average molecular weight is 446 g/mol. The van der Waals surface area contributed by atoms with Crippen LogP contribution in [0.3, 0.4) is 0 Å². The van der Waals surface area contributed by atoms with Gasteiger partial charge in [-0.1, -0.05) is 37.3 Å². The standard InChI is InChI=1S/C24H23N5O2S/c1-2-17-6-8-18(9-7-17)21-15-32-24(27-21)28-23(31)19-4-3-5-20(14-19)26-22(30)10-12-29-13-11-25-16-29/h3-9,11,13-16H,2,10,12H2,1H3,(H,26,30)(H,27,28,31). The van der Waals surface area contributed by atoms with Gasteiger partial charge in [-0.05, 0) is 30.2 Å². The molecule has 2 aromatic carbocycles. The lowest BCUT2D eigenvalue weighted by molar-refractivity contribution is -0.116. The van der Waals surface area contributed by atoms with Gasteiger partial charge >= 0.3 is 0 Å². The molecule has 2 amide bonds. The molecule has 0 radical (unpaired) electrons. The number of nitrogens with zero attached hydrogens (tertiary/aromatic N) is 3. The monoisotopic (exact) mass is 445 g/mol. The Kier molecular flexibility index (Phi) is 6.72. The second-order valence-electron chi connectivity index (χ2n) is 7.22. The van der Waals surface area contributed by atoms with E-state index in [0.29, 0.717) is 29.3 Å². The van der Waals surface area contributed by atoms with Crippen molar-refractivity contribution in [3.63, 3.8) is 0 Å². The summed E-state index contributed by atoms with van der Waals surface area (Å²) in [5.41, 5.74) is 4.13. The summed E-state index contributed by atoms with van der Waals surface area (Å²) in [6.07, 6.45) is 6.45. The Hall–Kier alpha value is -3.78. The smallest absolute Gasteiger partial charge is 0.257 e. The lowest BCUT2D eigenvalue weighted by atomic mass is 10.1. The number of imidazole rings is 1. The van der Waals surface area contributed by atoms with E-state index in [1.165, 1.54) is 16.9 Å². The summed E-state index contributed by atoms with van der Waals surface area (Å²) in [7, 11) is 0. The number of hydrogen-bond donors (Lipinski definition) is 2. The highest BCUT2D eigenvalue weighted by molar-refractivity contribution is 7.14. The summed E-state index contributed by atoms with van der Waals surface area (Å²) < 4.78 is 1.84. The van der Waals surface area contributed by atoms with Crippen LogP contribution in [0, 0.1) is 0 Å². The normalized spacial score (nSPS) is 10.7. The highest BCUT2D eigenvalue weighted by atomic mass is 32.1. The van der Waals surface area contributed by atoms with Crippen molar-refractivity contribution in [1.82, 2.24) is 14.5 Å². The maximum Gasteiger partial charge on any atom is 0.257 e. The molecule has 0 atom stereocenters. The van der Waals surface area contributed by atoms with Gasteiger partial charge in [0.25, 0.3) is 5.91 Å². The van der Waals surface area contributed by atoms with Crippen molar-refractivity contribution in [2.45, 2.75) is 26.3 Å². The molecule has 2 heterocycles. The van der Waals surface area contributed by atoms with Crippen molar-refractivity contribution in [2.24, 2.45) is 0 Å². The summed E-state index contributed by atoms with van der Waals surface area (Å²) >= 11 is 1.38. The van der Waals surface area contributed by atoms with Crippen LogP contribution in [0.4, 0.5) is 10.8 Å². The molecule has 4 aromatic rings. The first-order valence-electron chi connectivity index (χ1n) is 10.3. The number of rotatable bonds is 8. The van der Waals surface area contributed by atoms with Crippen molar-refractivity contribution >= 4 is 34.0 Å². The van der Waals surface area contributed by atoms with Crippen LogP contribution in [0.25, 0.3) is 11.3 Å². The van der Waals surface area contributed by atoms with E-state index in [1.54, 1.807) is 36.8 Å². The Bertz CT molecular complexity index is 1200. The molecule has 32 heavy (non-hydrogen) atoms. The molecule has 0 fully saturated rings. The zero-order valence-electron chi connectivity index (χ0n) is 17.6. The molecule has 8 heteroatoms. The molecule has 162 valence electrons. The molecular weight excluding hydrogens is 422 g/mol. The zero-order valence-corrected chi connectivity index (χ0v) is 18.4. The molecule has 0 unspecified atom stereocenters. The molecule has 2 N–H and O–H groups in total. The van der Waals surface area contributed by atoms with Crippen LogP contribution in [0.1, 0.15) is 29.3 Å². The quantitative estimate of drug-likeness (QED) is 0.406. The summed E-state index contributed by atoms with van der Waals surface area (Å²) in [5, 5.41) is 8.12. The van der Waals surface area contributed by atoms with Crippen molar-refractivity contribution < 1.29 is 9.59 Å². The van der Waals surface area contributed by atoms with E-state index in [9.17, 15) is 9.59 Å². The van der Waals surface area contributed by atoms with Gasteiger partial charge in [0, 0.05) is 47.6 Å². The van der Waals surface area contributed by atoms with Gasteiger partial charge in [-0.2, -0.15) is 0 Å². The van der Waals surface area contributed by atoms with Gasteiger partial charge in [-0.15, -0.1) is 11.3 Å². The highest BCUT2D eigenvalue weighted by Crippen LogP contribution is 2.26. The van der Waals surface area contributed by atoms with Crippen LogP contribution in [-0.4, -0.2) is 26.3 Å². The van der Waals surface area contributed by atoms with Gasteiger partial charge < -0.3 is 9.88 Å². The van der Waals surface area contributed by atoms with E-state index in [-0.39, 0.29) is 11.8 Å². The molecule has 2 aromatic heterocycles. The minimum Gasteiger partial charge on any atom is -0.337 e. The summed E-state index contributed by atoms with van der Waals surface area (Å²) in [6, 6.07) is 15.1. The van der Waals surface area contributed by atoms with Crippen LogP contribution < -0.4 is 10.6 Å². The number of hydrogen-bond acceptors (Lipinski definition) is 5. The van der Waals surface area contributed by atoms with Gasteiger partial charge in [0.2, 0.25) is 5.91 Å². The number of carbonyl (C=O) groups is 2. The number of anilines is 2. The minimum absolute atomic E-state index is 0.130. The maximum atomic E-state index is 12.7. The summed E-state index contributed by atoms with van der Waals surface area (Å²) in [6.45, 7) is 2.66. The van der Waals surface area contributed by atoms with Crippen LogP contribution in [0.5, 0.6) is 0 Å². The van der Waals surface area contributed by atoms with Gasteiger partial charge in [-0.25, -0.2) is 9.97 Å². The zero-order chi connectivity index (χ0) is 22.3. The van der Waals surface area contributed by atoms with E-state index in [2.05, 4.69) is 39.7 Å². The second-order valence-corrected chi connectivity index (χ2v) is 8.08. The molecule has 0 aliphatic heterocycles. The van der Waals surface area contributed by atoms with Gasteiger partial charge in [-0.3, -0.25) is 14.9 Å². The molecule has 0 aliphatic carbocycles.